The molecule has 2 aliphatic heterocycles. The lowest BCUT2D eigenvalue weighted by Crippen LogP contribution is -2.51. The van der Waals surface area contributed by atoms with Crippen LogP contribution in [0.2, 0.25) is 0 Å². The molecule has 0 amide bonds. The molecule has 0 unspecified atom stereocenters. The van der Waals surface area contributed by atoms with Gasteiger partial charge in [0.2, 0.25) is 5.95 Å². The second-order valence-corrected chi connectivity index (χ2v) is 6.86. The molecule has 0 aromatic carbocycles. The molecule has 3 heterocycles. The van der Waals surface area contributed by atoms with Crippen molar-refractivity contribution in [3.05, 3.63) is 11.8 Å². The molecule has 22 heavy (non-hydrogen) atoms. The Bertz CT molecular complexity index is 490. The summed E-state index contributed by atoms with van der Waals surface area (Å²) in [6.07, 6.45) is 4.01. The number of aliphatic hydroxyl groups excluding tert-OH is 1. The van der Waals surface area contributed by atoms with E-state index < -0.39 is 0 Å². The number of hydrogen-bond donors (Lipinski definition) is 2. The van der Waals surface area contributed by atoms with E-state index in [0.29, 0.717) is 19.0 Å². The molecule has 6 nitrogen and oxygen atoms in total. The predicted octanol–water partition coefficient (Wildman–Crippen LogP) is 1.33. The molecule has 0 aliphatic carbocycles. The summed E-state index contributed by atoms with van der Waals surface area (Å²) in [5.74, 6) is 3.11. The molecule has 1 atom stereocenters. The van der Waals surface area contributed by atoms with Crippen LogP contribution in [0.1, 0.15) is 24.5 Å². The van der Waals surface area contributed by atoms with Crippen LogP contribution in [-0.2, 0) is 4.74 Å². The van der Waals surface area contributed by atoms with Crippen molar-refractivity contribution in [2.75, 3.05) is 55.1 Å². The van der Waals surface area contributed by atoms with E-state index in [4.69, 9.17) is 9.72 Å². The SMILES string of the molecule is CSCCCNc1cc([C@@H]2CCOC2)nc(N2CC(O)C2)n1. The van der Waals surface area contributed by atoms with Gasteiger partial charge in [-0.1, -0.05) is 0 Å². The van der Waals surface area contributed by atoms with Crippen LogP contribution in [-0.4, -0.2) is 66.0 Å². The number of anilines is 2. The Morgan fingerprint density at radius 1 is 1.45 bits per heavy atom. The van der Waals surface area contributed by atoms with Crippen LogP contribution >= 0.6 is 11.8 Å². The quantitative estimate of drug-likeness (QED) is 0.733. The third-order valence-corrected chi connectivity index (χ3v) is 4.76. The third kappa shape index (κ3) is 3.83. The monoisotopic (exact) mass is 324 g/mol. The summed E-state index contributed by atoms with van der Waals surface area (Å²) in [7, 11) is 0. The number of thioether (sulfide) groups is 1. The van der Waals surface area contributed by atoms with Gasteiger partial charge in [0.25, 0.3) is 0 Å². The maximum absolute atomic E-state index is 9.50. The smallest absolute Gasteiger partial charge is 0.227 e. The first-order valence-corrected chi connectivity index (χ1v) is 9.28. The van der Waals surface area contributed by atoms with Gasteiger partial charge in [-0.2, -0.15) is 16.7 Å². The standard InChI is InChI=1S/C15H24N4O2S/c1-22-6-2-4-16-14-7-13(11-3-5-21-10-11)17-15(18-14)19-8-12(20)9-19/h7,11-12,20H,2-6,8-10H2,1H3,(H,16,17,18)/t11-/m1/s1. The van der Waals surface area contributed by atoms with Crippen molar-refractivity contribution in [3.63, 3.8) is 0 Å². The van der Waals surface area contributed by atoms with Crippen molar-refractivity contribution < 1.29 is 9.84 Å². The van der Waals surface area contributed by atoms with E-state index in [0.717, 1.165) is 55.8 Å². The first-order valence-electron chi connectivity index (χ1n) is 7.89. The van der Waals surface area contributed by atoms with E-state index in [1.54, 1.807) is 0 Å². The van der Waals surface area contributed by atoms with Crippen LogP contribution in [0.3, 0.4) is 0 Å². The number of nitrogens with one attached hydrogen (secondary N) is 1. The molecule has 0 bridgehead atoms. The summed E-state index contributed by atoms with van der Waals surface area (Å²) in [5, 5.41) is 12.9. The van der Waals surface area contributed by atoms with Gasteiger partial charge in [-0.25, -0.2) is 4.98 Å². The second kappa shape index (κ2) is 7.48. The summed E-state index contributed by atoms with van der Waals surface area (Å²) < 4.78 is 5.49. The van der Waals surface area contributed by atoms with Gasteiger partial charge >= 0.3 is 0 Å². The number of ether oxygens (including phenoxy) is 1. The van der Waals surface area contributed by atoms with Crippen molar-refractivity contribution in [3.8, 4) is 0 Å². The normalized spacial score (nSPS) is 21.9. The number of aromatic nitrogens is 2. The molecule has 2 N–H and O–H groups in total. The number of rotatable bonds is 7. The fourth-order valence-corrected chi connectivity index (χ4v) is 3.15. The molecule has 7 heteroatoms. The molecule has 122 valence electrons. The second-order valence-electron chi connectivity index (χ2n) is 5.87. The Morgan fingerprint density at radius 3 is 3.00 bits per heavy atom. The molecular formula is C15H24N4O2S. The van der Waals surface area contributed by atoms with Gasteiger partial charge in [0.05, 0.1) is 18.4 Å². The topological polar surface area (TPSA) is 70.5 Å². The highest BCUT2D eigenvalue weighted by atomic mass is 32.2. The minimum atomic E-state index is -0.250. The van der Waals surface area contributed by atoms with E-state index in [9.17, 15) is 5.11 Å². The van der Waals surface area contributed by atoms with Gasteiger partial charge in [0, 0.05) is 38.2 Å². The minimum absolute atomic E-state index is 0.250. The van der Waals surface area contributed by atoms with Gasteiger partial charge in [0.1, 0.15) is 5.82 Å². The van der Waals surface area contributed by atoms with E-state index in [2.05, 4.69) is 22.6 Å². The Hall–Kier alpha value is -1.05. The highest BCUT2D eigenvalue weighted by molar-refractivity contribution is 7.98. The van der Waals surface area contributed by atoms with Gasteiger partial charge in [-0.3, -0.25) is 0 Å². The summed E-state index contributed by atoms with van der Waals surface area (Å²) in [4.78, 5) is 11.3. The van der Waals surface area contributed by atoms with Gasteiger partial charge in [0.15, 0.2) is 0 Å². The van der Waals surface area contributed by atoms with Crippen LogP contribution in [0.25, 0.3) is 0 Å². The van der Waals surface area contributed by atoms with Crippen LogP contribution in [0, 0.1) is 0 Å². The molecule has 0 saturated carbocycles. The van der Waals surface area contributed by atoms with E-state index in [1.165, 1.54) is 0 Å². The Kier molecular flexibility index (Phi) is 5.38. The van der Waals surface area contributed by atoms with Gasteiger partial charge in [-0.15, -0.1) is 0 Å². The first kappa shape index (κ1) is 15.8. The van der Waals surface area contributed by atoms with Crippen LogP contribution in [0.4, 0.5) is 11.8 Å². The molecule has 0 radical (unpaired) electrons. The highest BCUT2D eigenvalue weighted by Crippen LogP contribution is 2.28. The largest absolute Gasteiger partial charge is 0.389 e. The third-order valence-electron chi connectivity index (χ3n) is 4.06. The minimum Gasteiger partial charge on any atom is -0.389 e. The van der Waals surface area contributed by atoms with E-state index in [-0.39, 0.29) is 6.10 Å². The fraction of sp³-hybridized carbons (Fsp3) is 0.733. The molecule has 0 spiro atoms. The summed E-state index contributed by atoms with van der Waals surface area (Å²) in [6, 6.07) is 2.05. The average molecular weight is 324 g/mol. The van der Waals surface area contributed by atoms with Gasteiger partial charge in [-0.05, 0) is 24.9 Å². The van der Waals surface area contributed by atoms with E-state index >= 15 is 0 Å². The summed E-state index contributed by atoms with van der Waals surface area (Å²) >= 11 is 1.86. The highest BCUT2D eigenvalue weighted by Gasteiger charge is 2.28. The maximum Gasteiger partial charge on any atom is 0.227 e. The van der Waals surface area contributed by atoms with Gasteiger partial charge < -0.3 is 20.1 Å². The number of β-amino-alcohol motifs (C(OH)–C–C–N with tert-alkyl or cyclic N) is 1. The Balaban J connectivity index is 1.72. The molecule has 2 saturated heterocycles. The van der Waals surface area contributed by atoms with Crippen molar-refractivity contribution >= 4 is 23.5 Å². The van der Waals surface area contributed by atoms with Crippen LogP contribution in [0.15, 0.2) is 6.07 Å². The number of aliphatic hydroxyl groups is 1. The summed E-state index contributed by atoms with van der Waals surface area (Å²) in [6.45, 7) is 3.71. The van der Waals surface area contributed by atoms with Crippen LogP contribution < -0.4 is 10.2 Å². The number of hydrogen-bond acceptors (Lipinski definition) is 7. The molecular weight excluding hydrogens is 300 g/mol. The van der Waals surface area contributed by atoms with Crippen molar-refractivity contribution in [1.29, 1.82) is 0 Å². The predicted molar refractivity (Wildman–Crippen MR) is 89.9 cm³/mol. The van der Waals surface area contributed by atoms with Crippen molar-refractivity contribution in [2.24, 2.45) is 0 Å². The zero-order chi connectivity index (χ0) is 15.4. The number of nitrogens with zero attached hydrogens (tertiary/aromatic N) is 3. The molecule has 1 aromatic rings. The van der Waals surface area contributed by atoms with Crippen molar-refractivity contribution in [2.45, 2.75) is 24.9 Å². The van der Waals surface area contributed by atoms with Crippen LogP contribution in [0.5, 0.6) is 0 Å². The Labute approximate surface area is 135 Å². The zero-order valence-corrected chi connectivity index (χ0v) is 13.8. The average Bonchev–Trinajstić information content (AvgIpc) is 3.02. The molecule has 2 fully saturated rings. The summed E-state index contributed by atoms with van der Waals surface area (Å²) in [5.41, 5.74) is 1.05. The van der Waals surface area contributed by atoms with E-state index in [1.807, 2.05) is 16.7 Å². The molecule has 3 rings (SSSR count). The fourth-order valence-electron chi connectivity index (χ4n) is 2.71. The molecule has 1 aromatic heterocycles. The van der Waals surface area contributed by atoms with Crippen molar-refractivity contribution in [1.82, 2.24) is 9.97 Å². The molecule has 2 aliphatic rings. The Morgan fingerprint density at radius 2 is 2.32 bits per heavy atom. The lowest BCUT2D eigenvalue weighted by atomic mass is 10.0. The zero-order valence-electron chi connectivity index (χ0n) is 13.0. The lowest BCUT2D eigenvalue weighted by molar-refractivity contribution is 0.140. The maximum atomic E-state index is 9.50. The first-order chi connectivity index (χ1) is 10.8. The lowest BCUT2D eigenvalue weighted by Gasteiger charge is -2.36.